The molecular formula is C11H11F3INO. The fraction of sp³-hybridized carbons (Fsp3) is 0.455. The second-order valence-electron chi connectivity index (χ2n) is 3.86. The van der Waals surface area contributed by atoms with Gasteiger partial charge >= 0.3 is 6.18 Å². The van der Waals surface area contributed by atoms with Crippen molar-refractivity contribution in [3.8, 4) is 5.75 Å². The van der Waals surface area contributed by atoms with Crippen molar-refractivity contribution in [2.24, 2.45) is 0 Å². The maximum Gasteiger partial charge on any atom is 0.416 e. The van der Waals surface area contributed by atoms with Crippen molar-refractivity contribution in [2.75, 3.05) is 11.9 Å². The van der Waals surface area contributed by atoms with Crippen LogP contribution in [0.15, 0.2) is 12.1 Å². The Bertz CT molecular complexity index is 433. The van der Waals surface area contributed by atoms with Crippen LogP contribution >= 0.6 is 22.6 Å². The number of alkyl halides is 3. The van der Waals surface area contributed by atoms with Crippen molar-refractivity contribution in [1.29, 1.82) is 0 Å². The van der Waals surface area contributed by atoms with Crippen molar-refractivity contribution in [1.82, 2.24) is 0 Å². The first-order valence-electron chi connectivity index (χ1n) is 5.23. The molecule has 1 N–H and O–H groups in total. The molecule has 1 unspecified atom stereocenters. The van der Waals surface area contributed by atoms with Crippen LogP contribution in [0.5, 0.6) is 5.75 Å². The van der Waals surface area contributed by atoms with Crippen molar-refractivity contribution in [3.63, 3.8) is 0 Å². The summed E-state index contributed by atoms with van der Waals surface area (Å²) in [5.41, 5.74) is -0.0116. The minimum Gasteiger partial charge on any atom is -0.486 e. The SMILES string of the molecule is CCC1CNc2c(I)cc(C(F)(F)F)cc2O1. The number of fused-ring (bicyclic) bond motifs is 1. The summed E-state index contributed by atoms with van der Waals surface area (Å²) in [5.74, 6) is 0.294. The zero-order valence-electron chi connectivity index (χ0n) is 9.07. The molecule has 1 aromatic rings. The summed E-state index contributed by atoms with van der Waals surface area (Å²) < 4.78 is 44.0. The molecule has 0 spiro atoms. The summed E-state index contributed by atoms with van der Waals surface area (Å²) in [6.45, 7) is 2.57. The van der Waals surface area contributed by atoms with E-state index < -0.39 is 11.7 Å². The molecule has 0 radical (unpaired) electrons. The molecule has 1 aromatic carbocycles. The second-order valence-corrected chi connectivity index (χ2v) is 5.02. The highest BCUT2D eigenvalue weighted by Crippen LogP contribution is 2.40. The van der Waals surface area contributed by atoms with Crippen molar-refractivity contribution < 1.29 is 17.9 Å². The lowest BCUT2D eigenvalue weighted by molar-refractivity contribution is -0.137. The molecule has 2 nitrogen and oxygen atoms in total. The van der Waals surface area contributed by atoms with Gasteiger partial charge in [0.25, 0.3) is 0 Å². The summed E-state index contributed by atoms with van der Waals surface area (Å²) in [7, 11) is 0. The van der Waals surface area contributed by atoms with Gasteiger partial charge in [-0.1, -0.05) is 6.92 Å². The number of rotatable bonds is 1. The Hall–Kier alpha value is -0.660. The second kappa shape index (κ2) is 4.55. The Morgan fingerprint density at radius 1 is 1.47 bits per heavy atom. The summed E-state index contributed by atoms with van der Waals surface area (Å²) >= 11 is 1.89. The molecule has 1 atom stereocenters. The van der Waals surface area contributed by atoms with E-state index in [-0.39, 0.29) is 6.10 Å². The van der Waals surface area contributed by atoms with Gasteiger partial charge in [0.1, 0.15) is 11.9 Å². The number of benzene rings is 1. The van der Waals surface area contributed by atoms with Crippen LogP contribution in [0.2, 0.25) is 0 Å². The smallest absolute Gasteiger partial charge is 0.416 e. The first-order valence-corrected chi connectivity index (χ1v) is 6.31. The van der Waals surface area contributed by atoms with Gasteiger partial charge in [0.15, 0.2) is 0 Å². The fourth-order valence-corrected chi connectivity index (χ4v) is 2.47. The van der Waals surface area contributed by atoms with Crippen LogP contribution in [0.4, 0.5) is 18.9 Å². The Morgan fingerprint density at radius 3 is 2.76 bits per heavy atom. The molecule has 0 saturated heterocycles. The molecule has 0 bridgehead atoms. The minimum absolute atomic E-state index is 0.0678. The van der Waals surface area contributed by atoms with Crippen LogP contribution < -0.4 is 10.1 Å². The Labute approximate surface area is 111 Å². The highest BCUT2D eigenvalue weighted by atomic mass is 127. The van der Waals surface area contributed by atoms with Gasteiger partial charge in [-0.15, -0.1) is 0 Å². The van der Waals surface area contributed by atoms with Gasteiger partial charge in [-0.2, -0.15) is 13.2 Å². The van der Waals surface area contributed by atoms with E-state index in [1.165, 1.54) is 0 Å². The Morgan fingerprint density at radius 2 is 2.18 bits per heavy atom. The van der Waals surface area contributed by atoms with E-state index in [2.05, 4.69) is 5.32 Å². The molecule has 1 heterocycles. The standard InChI is InChI=1S/C11H11F3INO/c1-2-7-5-16-10-8(15)3-6(11(12,13)14)4-9(10)17-7/h3-4,7,16H,2,5H2,1H3. The molecular weight excluding hydrogens is 346 g/mol. The molecule has 94 valence electrons. The maximum atomic E-state index is 12.6. The summed E-state index contributed by atoms with van der Waals surface area (Å²) in [6.07, 6.45) is -3.64. The molecule has 0 amide bonds. The highest BCUT2D eigenvalue weighted by molar-refractivity contribution is 14.1. The van der Waals surface area contributed by atoms with Crippen LogP contribution in [0, 0.1) is 3.57 Å². The van der Waals surface area contributed by atoms with Crippen molar-refractivity contribution in [2.45, 2.75) is 25.6 Å². The molecule has 0 aromatic heterocycles. The van der Waals surface area contributed by atoms with Gasteiger partial charge in [-0.3, -0.25) is 0 Å². The van der Waals surface area contributed by atoms with Crippen LogP contribution in [0.1, 0.15) is 18.9 Å². The maximum absolute atomic E-state index is 12.6. The molecule has 0 fully saturated rings. The number of anilines is 1. The normalized spacial score (nSPS) is 19.2. The van der Waals surface area contributed by atoms with E-state index in [1.807, 2.05) is 29.5 Å². The quantitative estimate of drug-likeness (QED) is 0.770. The highest BCUT2D eigenvalue weighted by Gasteiger charge is 2.33. The van der Waals surface area contributed by atoms with E-state index in [9.17, 15) is 13.2 Å². The molecule has 2 rings (SSSR count). The van der Waals surface area contributed by atoms with Gasteiger partial charge in [-0.05, 0) is 41.1 Å². The number of nitrogens with one attached hydrogen (secondary N) is 1. The summed E-state index contributed by atoms with van der Waals surface area (Å²) in [6, 6.07) is 2.19. The first kappa shape index (κ1) is 12.8. The van der Waals surface area contributed by atoms with Crippen LogP contribution in [0.3, 0.4) is 0 Å². The molecule has 6 heteroatoms. The minimum atomic E-state index is -4.34. The lowest BCUT2D eigenvalue weighted by atomic mass is 10.1. The number of halogens is 4. The zero-order valence-corrected chi connectivity index (χ0v) is 11.2. The average Bonchev–Trinajstić information content (AvgIpc) is 2.27. The van der Waals surface area contributed by atoms with E-state index in [0.29, 0.717) is 21.6 Å². The monoisotopic (exact) mass is 357 g/mol. The number of hydrogen-bond acceptors (Lipinski definition) is 2. The Balaban J connectivity index is 2.42. The first-order chi connectivity index (χ1) is 7.91. The van der Waals surface area contributed by atoms with Crippen LogP contribution in [0.25, 0.3) is 0 Å². The third kappa shape index (κ3) is 2.61. The third-order valence-electron chi connectivity index (χ3n) is 2.64. The van der Waals surface area contributed by atoms with Crippen LogP contribution in [-0.2, 0) is 6.18 Å². The lowest BCUT2D eigenvalue weighted by Crippen LogP contribution is -2.30. The molecule has 1 aliphatic heterocycles. The summed E-state index contributed by atoms with van der Waals surface area (Å²) in [5, 5.41) is 3.11. The van der Waals surface area contributed by atoms with Crippen molar-refractivity contribution >= 4 is 28.3 Å². The topological polar surface area (TPSA) is 21.3 Å². The zero-order chi connectivity index (χ0) is 12.6. The van der Waals surface area contributed by atoms with Crippen molar-refractivity contribution in [3.05, 3.63) is 21.3 Å². The Kier molecular flexibility index (Phi) is 3.42. The molecule has 0 aliphatic carbocycles. The lowest BCUT2D eigenvalue weighted by Gasteiger charge is -2.28. The molecule has 17 heavy (non-hydrogen) atoms. The largest absolute Gasteiger partial charge is 0.486 e. The number of ether oxygens (including phenoxy) is 1. The number of hydrogen-bond donors (Lipinski definition) is 1. The van der Waals surface area contributed by atoms with Crippen LogP contribution in [-0.4, -0.2) is 12.6 Å². The van der Waals surface area contributed by atoms with Gasteiger partial charge < -0.3 is 10.1 Å². The van der Waals surface area contributed by atoms with Gasteiger partial charge in [0, 0.05) is 3.57 Å². The van der Waals surface area contributed by atoms with E-state index in [1.54, 1.807) is 0 Å². The van der Waals surface area contributed by atoms with Gasteiger partial charge in [0.2, 0.25) is 0 Å². The third-order valence-corrected chi connectivity index (χ3v) is 3.49. The average molecular weight is 357 g/mol. The van der Waals surface area contributed by atoms with Gasteiger partial charge in [-0.25, -0.2) is 0 Å². The van der Waals surface area contributed by atoms with E-state index in [0.717, 1.165) is 18.6 Å². The predicted molar refractivity (Wildman–Crippen MR) is 67.4 cm³/mol. The molecule has 0 saturated carbocycles. The van der Waals surface area contributed by atoms with E-state index >= 15 is 0 Å². The predicted octanol–water partition coefficient (Wildman–Crippen LogP) is 3.89. The molecule has 1 aliphatic rings. The summed E-state index contributed by atoms with van der Waals surface area (Å²) in [4.78, 5) is 0. The van der Waals surface area contributed by atoms with Gasteiger partial charge in [0.05, 0.1) is 17.8 Å². The fourth-order valence-electron chi connectivity index (χ4n) is 1.67. The van der Waals surface area contributed by atoms with E-state index in [4.69, 9.17) is 4.74 Å².